The van der Waals surface area contributed by atoms with Crippen molar-refractivity contribution in [2.24, 2.45) is 0 Å². The molecule has 0 saturated carbocycles. The van der Waals surface area contributed by atoms with Gasteiger partial charge in [-0.15, -0.1) is 0 Å². The zero-order chi connectivity index (χ0) is 15.9. The molecule has 0 heteroatoms. The molecular weight excluding hydrogens is 216 g/mol. The van der Waals surface area contributed by atoms with Gasteiger partial charge >= 0.3 is 0 Å². The standard InChI is InChI=1S/C18H30/c1-9-18(8,10-2)15-11-13(3)14(4)16(12-15)17(5,6)7/h11-12H,9-10H2,1-8H3/i11D,12D. The van der Waals surface area contributed by atoms with Crippen molar-refractivity contribution in [2.45, 2.75) is 79.1 Å². The summed E-state index contributed by atoms with van der Waals surface area (Å²) in [5.41, 5.74) is 4.06. The van der Waals surface area contributed by atoms with Crippen LogP contribution in [0.25, 0.3) is 0 Å². The summed E-state index contributed by atoms with van der Waals surface area (Å²) in [4.78, 5) is 0. The summed E-state index contributed by atoms with van der Waals surface area (Å²) < 4.78 is 17.2. The lowest BCUT2D eigenvalue weighted by Gasteiger charge is -2.31. The molecule has 0 atom stereocenters. The Hall–Kier alpha value is -0.780. The largest absolute Gasteiger partial charge is 0.0645 e. The lowest BCUT2D eigenvalue weighted by Crippen LogP contribution is -2.22. The first kappa shape index (κ1) is 12.3. The molecule has 0 nitrogen and oxygen atoms in total. The third kappa shape index (κ3) is 2.79. The van der Waals surface area contributed by atoms with Crippen molar-refractivity contribution in [1.82, 2.24) is 0 Å². The van der Waals surface area contributed by atoms with Crippen molar-refractivity contribution >= 4 is 0 Å². The molecule has 0 spiro atoms. The summed E-state index contributed by atoms with van der Waals surface area (Å²) in [5.74, 6) is 0. The van der Waals surface area contributed by atoms with Crippen LogP contribution in [0.15, 0.2) is 12.1 Å². The van der Waals surface area contributed by atoms with Gasteiger partial charge in [-0.2, -0.15) is 0 Å². The first-order valence-corrected chi connectivity index (χ1v) is 7.12. The minimum Gasteiger partial charge on any atom is -0.0645 e. The summed E-state index contributed by atoms with van der Waals surface area (Å²) in [7, 11) is 0. The van der Waals surface area contributed by atoms with Crippen LogP contribution in [0.2, 0.25) is 0 Å². The molecule has 0 fully saturated rings. The van der Waals surface area contributed by atoms with Crippen molar-refractivity contribution in [2.75, 3.05) is 0 Å². The van der Waals surface area contributed by atoms with E-state index in [1.54, 1.807) is 0 Å². The van der Waals surface area contributed by atoms with Crippen LogP contribution in [0, 0.1) is 13.8 Å². The second-order valence-corrected chi connectivity index (χ2v) is 6.77. The third-order valence-electron chi connectivity index (χ3n) is 4.41. The van der Waals surface area contributed by atoms with Crippen LogP contribution in [0.4, 0.5) is 0 Å². The van der Waals surface area contributed by atoms with Crippen molar-refractivity contribution in [1.29, 1.82) is 0 Å². The van der Waals surface area contributed by atoms with Crippen molar-refractivity contribution in [3.8, 4) is 0 Å². The molecule has 0 saturated heterocycles. The Labute approximate surface area is 117 Å². The SMILES string of the molecule is [2H]c1c(C)c(C)c(C(C)(C)C)c([2H])c1C(C)(CC)CC. The monoisotopic (exact) mass is 248 g/mol. The van der Waals surface area contributed by atoms with Crippen LogP contribution in [-0.4, -0.2) is 0 Å². The van der Waals surface area contributed by atoms with Crippen LogP contribution in [-0.2, 0) is 10.8 Å². The smallest absolute Gasteiger partial charge is 0.0629 e. The minimum absolute atomic E-state index is 0.0588. The molecule has 1 aromatic rings. The first-order chi connectivity index (χ1) is 9.01. The lowest BCUT2D eigenvalue weighted by atomic mass is 9.73. The fraction of sp³-hybridized carbons (Fsp3) is 0.667. The zero-order valence-corrected chi connectivity index (χ0v) is 13.4. The van der Waals surface area contributed by atoms with Gasteiger partial charge in [-0.3, -0.25) is 0 Å². The molecule has 0 aromatic heterocycles. The number of benzene rings is 1. The van der Waals surface area contributed by atoms with Crippen LogP contribution in [0.5, 0.6) is 0 Å². The number of rotatable bonds is 3. The van der Waals surface area contributed by atoms with Crippen molar-refractivity contribution in [3.63, 3.8) is 0 Å². The fourth-order valence-corrected chi connectivity index (χ4v) is 2.37. The molecule has 0 unspecified atom stereocenters. The Kier molecular flexibility index (Phi) is 3.46. The topological polar surface area (TPSA) is 0 Å². The highest BCUT2D eigenvalue weighted by atomic mass is 14.3. The Morgan fingerprint density at radius 1 is 1.00 bits per heavy atom. The van der Waals surface area contributed by atoms with Gasteiger partial charge in [0.15, 0.2) is 0 Å². The molecule has 0 aliphatic heterocycles. The molecule has 0 N–H and O–H groups in total. The van der Waals surface area contributed by atoms with Crippen LogP contribution in [0.3, 0.4) is 0 Å². The number of hydrogen-bond donors (Lipinski definition) is 0. The van der Waals surface area contributed by atoms with Gasteiger partial charge in [0.2, 0.25) is 0 Å². The molecule has 0 radical (unpaired) electrons. The van der Waals surface area contributed by atoms with E-state index in [2.05, 4.69) is 48.5 Å². The Bertz CT molecular complexity index is 503. The molecule has 1 aromatic carbocycles. The van der Waals surface area contributed by atoms with Gasteiger partial charge in [-0.05, 0) is 59.8 Å². The molecule has 18 heavy (non-hydrogen) atoms. The normalized spacial score (nSPS) is 14.4. The summed E-state index contributed by atoms with van der Waals surface area (Å²) in [6, 6.07) is 1.17. The maximum Gasteiger partial charge on any atom is 0.0629 e. The highest BCUT2D eigenvalue weighted by molar-refractivity contribution is 5.43. The quantitative estimate of drug-likeness (QED) is 0.645. The summed E-state index contributed by atoms with van der Waals surface area (Å²) in [6.45, 7) is 17.1. The van der Waals surface area contributed by atoms with Gasteiger partial charge in [0.1, 0.15) is 0 Å². The van der Waals surface area contributed by atoms with Crippen LogP contribution < -0.4 is 0 Å². The van der Waals surface area contributed by atoms with Crippen molar-refractivity contribution < 1.29 is 2.74 Å². The van der Waals surface area contributed by atoms with Gasteiger partial charge in [0, 0.05) is 0 Å². The van der Waals surface area contributed by atoms with E-state index in [1.165, 1.54) is 0 Å². The Morgan fingerprint density at radius 3 is 1.89 bits per heavy atom. The van der Waals surface area contributed by atoms with Gasteiger partial charge in [0.25, 0.3) is 0 Å². The average Bonchev–Trinajstić information content (AvgIpc) is 2.34. The van der Waals surface area contributed by atoms with Gasteiger partial charge < -0.3 is 0 Å². The van der Waals surface area contributed by atoms with Gasteiger partial charge in [0.05, 0.1) is 2.74 Å². The molecule has 0 heterocycles. The highest BCUT2D eigenvalue weighted by Crippen LogP contribution is 2.36. The fourth-order valence-electron chi connectivity index (χ4n) is 2.37. The van der Waals surface area contributed by atoms with E-state index in [9.17, 15) is 0 Å². The number of hydrogen-bond acceptors (Lipinski definition) is 0. The summed E-state index contributed by atoms with van der Waals surface area (Å²) in [6.07, 6.45) is 1.93. The highest BCUT2D eigenvalue weighted by Gasteiger charge is 2.26. The van der Waals surface area contributed by atoms with E-state index in [1.807, 2.05) is 6.92 Å². The van der Waals surface area contributed by atoms with E-state index in [0.29, 0.717) is 12.1 Å². The maximum atomic E-state index is 8.72. The van der Waals surface area contributed by atoms with Crippen LogP contribution in [0.1, 0.15) is 79.4 Å². The van der Waals surface area contributed by atoms with E-state index in [4.69, 9.17) is 2.74 Å². The molecule has 102 valence electrons. The Morgan fingerprint density at radius 2 is 1.50 bits per heavy atom. The van der Waals surface area contributed by atoms with Gasteiger partial charge in [-0.1, -0.05) is 53.6 Å². The molecule has 0 amide bonds. The maximum absolute atomic E-state index is 8.72. The molecule has 0 aliphatic carbocycles. The molecule has 0 aliphatic rings. The predicted octanol–water partition coefficient (Wildman–Crippen LogP) is 5.68. The molecule has 1 rings (SSSR count). The summed E-state index contributed by atoms with van der Waals surface area (Å²) >= 11 is 0. The van der Waals surface area contributed by atoms with Crippen LogP contribution >= 0.6 is 0 Å². The minimum atomic E-state index is -0.0768. The average molecular weight is 248 g/mol. The Balaban J connectivity index is 3.84. The molecule has 0 bridgehead atoms. The zero-order valence-electron chi connectivity index (χ0n) is 15.4. The van der Waals surface area contributed by atoms with Crippen molar-refractivity contribution in [3.05, 3.63) is 34.3 Å². The lowest BCUT2D eigenvalue weighted by molar-refractivity contribution is 0.436. The van der Waals surface area contributed by atoms with Gasteiger partial charge in [-0.25, -0.2) is 0 Å². The predicted molar refractivity (Wildman–Crippen MR) is 82.6 cm³/mol. The van der Waals surface area contributed by atoms with E-state index in [-0.39, 0.29) is 10.8 Å². The van der Waals surface area contributed by atoms with E-state index >= 15 is 0 Å². The molecular formula is C18H30. The van der Waals surface area contributed by atoms with E-state index < -0.39 is 0 Å². The van der Waals surface area contributed by atoms with E-state index in [0.717, 1.165) is 35.1 Å². The first-order valence-electron chi connectivity index (χ1n) is 8.12. The summed E-state index contributed by atoms with van der Waals surface area (Å²) in [5, 5.41) is 0. The third-order valence-corrected chi connectivity index (χ3v) is 4.41. The second kappa shape index (κ2) is 5.07. The second-order valence-electron chi connectivity index (χ2n) is 6.77.